The third-order valence-corrected chi connectivity index (χ3v) is 3.66. The maximum absolute atomic E-state index is 9.90. The average molecular weight is 307 g/mol. The van der Waals surface area contributed by atoms with Crippen molar-refractivity contribution in [3.63, 3.8) is 0 Å². The second kappa shape index (κ2) is 6.11. The van der Waals surface area contributed by atoms with Crippen molar-refractivity contribution in [3.8, 4) is 11.3 Å². The number of nitrogens with zero attached hydrogens (tertiary/aromatic N) is 3. The van der Waals surface area contributed by atoms with Gasteiger partial charge in [0, 0.05) is 5.56 Å². The minimum absolute atomic E-state index is 0.0852. The molecule has 0 aliphatic carbocycles. The molecular formula is C14H17N3O5. The molecular weight excluding hydrogens is 290 g/mol. The van der Waals surface area contributed by atoms with Crippen molar-refractivity contribution in [1.82, 2.24) is 15.0 Å². The lowest BCUT2D eigenvalue weighted by Gasteiger charge is -2.38. The minimum Gasteiger partial charge on any atom is -0.388 e. The molecule has 1 aliphatic heterocycles. The molecule has 1 saturated heterocycles. The molecule has 1 fully saturated rings. The highest BCUT2D eigenvalue weighted by Crippen LogP contribution is 2.21. The molecule has 1 aliphatic rings. The number of hydrogen-bond acceptors (Lipinski definition) is 7. The predicted octanol–water partition coefficient (Wildman–Crippen LogP) is -1.26. The van der Waals surface area contributed by atoms with Gasteiger partial charge in [-0.05, 0) is 0 Å². The van der Waals surface area contributed by atoms with Gasteiger partial charge in [-0.2, -0.15) is 0 Å². The van der Waals surface area contributed by atoms with Gasteiger partial charge in [0.05, 0.1) is 12.7 Å². The lowest BCUT2D eigenvalue weighted by Crippen LogP contribution is -2.58. The third kappa shape index (κ3) is 2.87. The van der Waals surface area contributed by atoms with Crippen LogP contribution in [0.2, 0.25) is 0 Å². The van der Waals surface area contributed by atoms with E-state index in [1.165, 1.54) is 4.68 Å². The zero-order valence-corrected chi connectivity index (χ0v) is 11.6. The Labute approximate surface area is 126 Å². The number of aromatic nitrogens is 3. The molecule has 0 bridgehead atoms. The molecule has 1 aromatic heterocycles. The van der Waals surface area contributed by atoms with Gasteiger partial charge in [-0.3, -0.25) is 0 Å². The summed E-state index contributed by atoms with van der Waals surface area (Å²) in [6.45, 7) is 0.0852. The van der Waals surface area contributed by atoms with E-state index in [0.29, 0.717) is 5.69 Å². The topological polar surface area (TPSA) is 121 Å². The number of rotatable bonds is 3. The van der Waals surface area contributed by atoms with Crippen LogP contribution in [0.25, 0.3) is 11.3 Å². The van der Waals surface area contributed by atoms with Crippen LogP contribution in [0.1, 0.15) is 0 Å². The van der Waals surface area contributed by atoms with Crippen molar-refractivity contribution in [2.24, 2.45) is 0 Å². The largest absolute Gasteiger partial charge is 0.388 e. The van der Waals surface area contributed by atoms with Crippen LogP contribution >= 0.6 is 0 Å². The predicted molar refractivity (Wildman–Crippen MR) is 74.4 cm³/mol. The van der Waals surface area contributed by atoms with Gasteiger partial charge in [0.15, 0.2) is 6.29 Å². The first-order valence-corrected chi connectivity index (χ1v) is 6.89. The quantitative estimate of drug-likeness (QED) is 0.559. The number of aliphatic hydroxyl groups excluding tert-OH is 4. The van der Waals surface area contributed by atoms with Crippen molar-refractivity contribution in [2.75, 3.05) is 0 Å². The Morgan fingerprint density at radius 3 is 2.45 bits per heavy atom. The minimum atomic E-state index is -1.56. The van der Waals surface area contributed by atoms with Gasteiger partial charge in [-0.1, -0.05) is 35.5 Å². The Hall–Kier alpha value is -1.84. The summed E-state index contributed by atoms with van der Waals surface area (Å²) in [7, 11) is 0. The van der Waals surface area contributed by atoms with Gasteiger partial charge >= 0.3 is 0 Å². The van der Waals surface area contributed by atoms with Crippen LogP contribution in [0.5, 0.6) is 0 Å². The fourth-order valence-corrected chi connectivity index (χ4v) is 2.39. The number of aliphatic hydroxyl groups is 4. The third-order valence-electron chi connectivity index (χ3n) is 3.66. The molecule has 118 valence electrons. The maximum atomic E-state index is 9.90. The van der Waals surface area contributed by atoms with Gasteiger partial charge in [-0.15, -0.1) is 5.10 Å². The highest BCUT2D eigenvalue weighted by molar-refractivity contribution is 5.57. The first-order valence-electron chi connectivity index (χ1n) is 6.89. The molecule has 1 unspecified atom stereocenters. The monoisotopic (exact) mass is 307 g/mol. The Kier molecular flexibility index (Phi) is 4.19. The summed E-state index contributed by atoms with van der Waals surface area (Å²) < 4.78 is 6.56. The van der Waals surface area contributed by atoms with E-state index in [4.69, 9.17) is 4.74 Å². The fourth-order valence-electron chi connectivity index (χ4n) is 2.39. The van der Waals surface area contributed by atoms with E-state index in [0.717, 1.165) is 5.56 Å². The van der Waals surface area contributed by atoms with E-state index in [2.05, 4.69) is 10.3 Å². The summed E-state index contributed by atoms with van der Waals surface area (Å²) in [6, 6.07) is 9.45. The summed E-state index contributed by atoms with van der Waals surface area (Å²) in [5.41, 5.74) is 1.56. The summed E-state index contributed by atoms with van der Waals surface area (Å²) in [6.07, 6.45) is -5.13. The van der Waals surface area contributed by atoms with Crippen molar-refractivity contribution in [3.05, 3.63) is 36.5 Å². The van der Waals surface area contributed by atoms with E-state index in [1.807, 2.05) is 30.3 Å². The zero-order valence-electron chi connectivity index (χ0n) is 11.6. The van der Waals surface area contributed by atoms with Crippen molar-refractivity contribution >= 4 is 0 Å². The lowest BCUT2D eigenvalue weighted by atomic mass is 9.99. The van der Waals surface area contributed by atoms with Gasteiger partial charge in [-0.25, -0.2) is 4.68 Å². The molecule has 5 atom stereocenters. The van der Waals surface area contributed by atoms with E-state index < -0.39 is 30.7 Å². The summed E-state index contributed by atoms with van der Waals surface area (Å²) in [5, 5.41) is 46.5. The van der Waals surface area contributed by atoms with Crippen molar-refractivity contribution in [1.29, 1.82) is 0 Å². The molecule has 22 heavy (non-hydrogen) atoms. The summed E-state index contributed by atoms with van der Waals surface area (Å²) in [5.74, 6) is 0. The van der Waals surface area contributed by atoms with Crippen LogP contribution in [-0.2, 0) is 11.3 Å². The molecule has 0 radical (unpaired) electrons. The second-order valence-corrected chi connectivity index (χ2v) is 5.23. The van der Waals surface area contributed by atoms with Gasteiger partial charge in [0.1, 0.15) is 30.1 Å². The summed E-state index contributed by atoms with van der Waals surface area (Å²) in [4.78, 5) is 0. The fraction of sp³-hybridized carbons (Fsp3) is 0.429. The molecule has 4 N–H and O–H groups in total. The molecule has 2 heterocycles. The van der Waals surface area contributed by atoms with Crippen LogP contribution in [0.15, 0.2) is 36.5 Å². The average Bonchev–Trinajstić information content (AvgIpc) is 3.00. The van der Waals surface area contributed by atoms with Gasteiger partial charge in [0.25, 0.3) is 0 Å². The molecule has 8 heteroatoms. The van der Waals surface area contributed by atoms with Gasteiger partial charge in [0.2, 0.25) is 0 Å². The standard InChI is InChI=1S/C14H17N3O5/c18-11-10(22-14(21)13(20)12(11)19)7-17-6-9(15-16-17)8-4-2-1-3-5-8/h1-6,10-14,18-21H,7H2/t10-,11-,12+,13-,14?/m1/s1. The molecule has 0 spiro atoms. The number of benzene rings is 1. The Balaban J connectivity index is 1.73. The van der Waals surface area contributed by atoms with Crippen molar-refractivity contribution in [2.45, 2.75) is 37.3 Å². The van der Waals surface area contributed by atoms with E-state index >= 15 is 0 Å². The molecule has 0 amide bonds. The van der Waals surface area contributed by atoms with E-state index in [1.54, 1.807) is 6.20 Å². The lowest BCUT2D eigenvalue weighted by molar-refractivity contribution is -0.284. The van der Waals surface area contributed by atoms with Crippen LogP contribution in [0.4, 0.5) is 0 Å². The van der Waals surface area contributed by atoms with Crippen molar-refractivity contribution < 1.29 is 25.2 Å². The van der Waals surface area contributed by atoms with E-state index in [9.17, 15) is 20.4 Å². The summed E-state index contributed by atoms with van der Waals surface area (Å²) >= 11 is 0. The first-order chi connectivity index (χ1) is 10.6. The zero-order chi connectivity index (χ0) is 15.7. The number of ether oxygens (including phenoxy) is 1. The molecule has 1 aromatic carbocycles. The van der Waals surface area contributed by atoms with Crippen LogP contribution in [0.3, 0.4) is 0 Å². The normalized spacial score (nSPS) is 32.1. The highest BCUT2D eigenvalue weighted by atomic mass is 16.6. The molecule has 3 rings (SSSR count). The second-order valence-electron chi connectivity index (χ2n) is 5.23. The van der Waals surface area contributed by atoms with Crippen LogP contribution < -0.4 is 0 Å². The Morgan fingerprint density at radius 2 is 1.73 bits per heavy atom. The molecule has 2 aromatic rings. The molecule has 8 nitrogen and oxygen atoms in total. The van der Waals surface area contributed by atoms with E-state index in [-0.39, 0.29) is 6.54 Å². The number of hydrogen-bond donors (Lipinski definition) is 4. The Bertz CT molecular complexity index is 620. The van der Waals surface area contributed by atoms with Gasteiger partial charge < -0.3 is 25.2 Å². The molecule has 0 saturated carbocycles. The SMILES string of the molecule is OC1O[C@H](Cn2cc(-c3ccccc3)nn2)[C@@H](O)[C@H](O)[C@H]1O. The highest BCUT2D eigenvalue weighted by Gasteiger charge is 2.43. The maximum Gasteiger partial charge on any atom is 0.184 e. The van der Waals surface area contributed by atoms with Crippen LogP contribution in [-0.4, -0.2) is 66.1 Å². The first kappa shape index (κ1) is 15.1. The van der Waals surface area contributed by atoms with Crippen LogP contribution in [0, 0.1) is 0 Å². The smallest absolute Gasteiger partial charge is 0.184 e. The Morgan fingerprint density at radius 1 is 1.00 bits per heavy atom.